The van der Waals surface area contributed by atoms with Crippen LogP contribution >= 0.6 is 0 Å². The van der Waals surface area contributed by atoms with E-state index in [1.807, 2.05) is 0 Å². The molecule has 21 heavy (non-hydrogen) atoms. The zero-order chi connectivity index (χ0) is 15.8. The molecule has 2 atom stereocenters. The number of nitrogens with two attached hydrogens (primary N) is 1. The number of halogens is 1. The number of ether oxygens (including phenoxy) is 1. The topological polar surface area (TPSA) is 64.3 Å². The predicted octanol–water partition coefficient (Wildman–Crippen LogP) is 2.92. The van der Waals surface area contributed by atoms with Crippen molar-refractivity contribution in [2.45, 2.75) is 52.2 Å². The van der Waals surface area contributed by atoms with Crippen molar-refractivity contribution in [3.05, 3.63) is 29.6 Å². The van der Waals surface area contributed by atoms with Crippen molar-refractivity contribution in [1.82, 2.24) is 5.32 Å². The number of hydrogen-bond donors (Lipinski definition) is 2. The van der Waals surface area contributed by atoms with E-state index in [1.54, 1.807) is 19.9 Å². The van der Waals surface area contributed by atoms with Crippen LogP contribution in [-0.2, 0) is 4.79 Å². The summed E-state index contributed by atoms with van der Waals surface area (Å²) in [5.41, 5.74) is 6.38. The minimum Gasteiger partial charge on any atom is -0.478 e. The number of hydrogen-bond acceptors (Lipinski definition) is 3. The molecule has 118 valence electrons. The van der Waals surface area contributed by atoms with Crippen molar-refractivity contribution in [2.75, 3.05) is 6.54 Å². The Labute approximate surface area is 125 Å². The molecule has 1 amide bonds. The van der Waals surface area contributed by atoms with Crippen molar-refractivity contribution in [3.63, 3.8) is 0 Å². The third kappa shape index (κ3) is 5.71. The van der Waals surface area contributed by atoms with Gasteiger partial charge in [-0.05, 0) is 38.0 Å². The number of carbonyl (C=O) groups excluding carboxylic acids is 1. The first-order valence-electron chi connectivity index (χ1n) is 7.45. The molecule has 1 unspecified atom stereocenters. The Balaban J connectivity index is 2.54. The molecule has 0 bridgehead atoms. The normalized spacial score (nSPS) is 13.6. The van der Waals surface area contributed by atoms with Crippen molar-refractivity contribution < 1.29 is 13.9 Å². The lowest BCUT2D eigenvalue weighted by Crippen LogP contribution is -2.37. The summed E-state index contributed by atoms with van der Waals surface area (Å²) in [5, 5.41) is 2.78. The lowest BCUT2D eigenvalue weighted by Gasteiger charge is -2.16. The Hall–Kier alpha value is -1.62. The van der Waals surface area contributed by atoms with Crippen LogP contribution in [0.3, 0.4) is 0 Å². The van der Waals surface area contributed by atoms with Gasteiger partial charge in [-0.3, -0.25) is 4.79 Å². The first kappa shape index (κ1) is 17.4. The standard InChI is InChI=1S/C16H25FN2O2/c1-4-5-6-9-19-16(20)12(3)21-15-8-7-13(11(2)18)10-14(15)17/h7-8,10-12H,4-6,9,18H2,1-3H3,(H,19,20)/t11-,12?/m1/s1. The minimum absolute atomic E-state index is 0.0654. The fourth-order valence-corrected chi connectivity index (χ4v) is 1.87. The van der Waals surface area contributed by atoms with Gasteiger partial charge in [0.15, 0.2) is 17.7 Å². The summed E-state index contributed by atoms with van der Waals surface area (Å²) in [7, 11) is 0. The van der Waals surface area contributed by atoms with Crippen LogP contribution in [0.2, 0.25) is 0 Å². The molecule has 0 aliphatic carbocycles. The molecule has 0 fully saturated rings. The van der Waals surface area contributed by atoms with E-state index in [9.17, 15) is 9.18 Å². The Kier molecular flexibility index (Phi) is 7.15. The molecule has 0 saturated heterocycles. The monoisotopic (exact) mass is 296 g/mol. The molecule has 0 radical (unpaired) electrons. The van der Waals surface area contributed by atoms with E-state index in [4.69, 9.17) is 10.5 Å². The maximum Gasteiger partial charge on any atom is 0.260 e. The first-order valence-corrected chi connectivity index (χ1v) is 7.45. The summed E-state index contributed by atoms with van der Waals surface area (Å²) in [6, 6.07) is 4.31. The summed E-state index contributed by atoms with van der Waals surface area (Å²) in [6.45, 7) is 6.10. The number of unbranched alkanes of at least 4 members (excludes halogenated alkanes) is 2. The van der Waals surface area contributed by atoms with Gasteiger partial charge >= 0.3 is 0 Å². The summed E-state index contributed by atoms with van der Waals surface area (Å²) in [6.07, 6.45) is 2.37. The lowest BCUT2D eigenvalue weighted by molar-refractivity contribution is -0.127. The van der Waals surface area contributed by atoms with E-state index < -0.39 is 11.9 Å². The first-order chi connectivity index (χ1) is 9.95. The van der Waals surface area contributed by atoms with Crippen molar-refractivity contribution in [2.24, 2.45) is 5.73 Å². The van der Waals surface area contributed by atoms with Gasteiger partial charge in [0.25, 0.3) is 5.91 Å². The molecule has 1 aromatic rings. The van der Waals surface area contributed by atoms with E-state index in [0.717, 1.165) is 19.3 Å². The Bertz CT molecular complexity index is 464. The van der Waals surface area contributed by atoms with Gasteiger partial charge in [-0.1, -0.05) is 25.8 Å². The Morgan fingerprint density at radius 2 is 2.10 bits per heavy atom. The zero-order valence-electron chi connectivity index (χ0n) is 13.0. The second-order valence-electron chi connectivity index (χ2n) is 5.24. The quantitative estimate of drug-likeness (QED) is 0.725. The largest absolute Gasteiger partial charge is 0.478 e. The molecule has 0 spiro atoms. The number of carbonyl (C=O) groups is 1. The molecular weight excluding hydrogens is 271 g/mol. The summed E-state index contributed by atoms with van der Waals surface area (Å²) >= 11 is 0. The third-order valence-electron chi connectivity index (χ3n) is 3.23. The van der Waals surface area contributed by atoms with E-state index in [-0.39, 0.29) is 17.7 Å². The van der Waals surface area contributed by atoms with Gasteiger partial charge in [0, 0.05) is 12.6 Å². The third-order valence-corrected chi connectivity index (χ3v) is 3.23. The van der Waals surface area contributed by atoms with Crippen LogP contribution in [0.4, 0.5) is 4.39 Å². The number of benzene rings is 1. The van der Waals surface area contributed by atoms with Gasteiger partial charge in [-0.15, -0.1) is 0 Å². The fraction of sp³-hybridized carbons (Fsp3) is 0.562. The number of nitrogens with one attached hydrogen (secondary N) is 1. The van der Waals surface area contributed by atoms with Crippen LogP contribution in [0.1, 0.15) is 51.6 Å². The molecule has 4 nitrogen and oxygen atoms in total. The highest BCUT2D eigenvalue weighted by atomic mass is 19.1. The van der Waals surface area contributed by atoms with Crippen LogP contribution in [-0.4, -0.2) is 18.6 Å². The highest BCUT2D eigenvalue weighted by molar-refractivity contribution is 5.80. The van der Waals surface area contributed by atoms with E-state index in [2.05, 4.69) is 12.2 Å². The Morgan fingerprint density at radius 1 is 1.38 bits per heavy atom. The van der Waals surface area contributed by atoms with Gasteiger partial charge in [0.2, 0.25) is 0 Å². The lowest BCUT2D eigenvalue weighted by atomic mass is 10.1. The van der Waals surface area contributed by atoms with Gasteiger partial charge < -0.3 is 15.8 Å². The van der Waals surface area contributed by atoms with Gasteiger partial charge in [0.1, 0.15) is 0 Å². The van der Waals surface area contributed by atoms with Crippen molar-refractivity contribution >= 4 is 5.91 Å². The molecule has 0 saturated carbocycles. The second kappa shape index (κ2) is 8.62. The predicted molar refractivity (Wildman–Crippen MR) is 81.6 cm³/mol. The average Bonchev–Trinajstić information content (AvgIpc) is 2.45. The summed E-state index contributed by atoms with van der Waals surface area (Å²) in [4.78, 5) is 11.8. The smallest absolute Gasteiger partial charge is 0.260 e. The molecule has 0 aliphatic rings. The number of amides is 1. The van der Waals surface area contributed by atoms with E-state index in [1.165, 1.54) is 12.1 Å². The molecule has 1 aromatic carbocycles. The van der Waals surface area contributed by atoms with E-state index >= 15 is 0 Å². The highest BCUT2D eigenvalue weighted by Crippen LogP contribution is 2.22. The zero-order valence-corrected chi connectivity index (χ0v) is 13.0. The number of rotatable bonds is 8. The Morgan fingerprint density at radius 3 is 2.67 bits per heavy atom. The molecule has 5 heteroatoms. The molecule has 3 N–H and O–H groups in total. The SMILES string of the molecule is CCCCCNC(=O)C(C)Oc1ccc([C@@H](C)N)cc1F. The van der Waals surface area contributed by atoms with Crippen LogP contribution < -0.4 is 15.8 Å². The van der Waals surface area contributed by atoms with Gasteiger partial charge in [-0.25, -0.2) is 4.39 Å². The van der Waals surface area contributed by atoms with Crippen LogP contribution in [0.25, 0.3) is 0 Å². The molecule has 1 rings (SSSR count). The van der Waals surface area contributed by atoms with Crippen molar-refractivity contribution in [1.29, 1.82) is 0 Å². The van der Waals surface area contributed by atoms with Crippen molar-refractivity contribution in [3.8, 4) is 5.75 Å². The maximum absolute atomic E-state index is 13.9. The van der Waals surface area contributed by atoms with Gasteiger partial charge in [-0.2, -0.15) is 0 Å². The van der Waals surface area contributed by atoms with Gasteiger partial charge in [0.05, 0.1) is 0 Å². The summed E-state index contributed by atoms with van der Waals surface area (Å²) in [5.74, 6) is -0.673. The molecule has 0 aromatic heterocycles. The maximum atomic E-state index is 13.9. The molecule has 0 heterocycles. The molecular formula is C16H25FN2O2. The van der Waals surface area contributed by atoms with E-state index in [0.29, 0.717) is 12.1 Å². The summed E-state index contributed by atoms with van der Waals surface area (Å²) < 4.78 is 19.2. The van der Waals surface area contributed by atoms with Crippen LogP contribution in [0.15, 0.2) is 18.2 Å². The highest BCUT2D eigenvalue weighted by Gasteiger charge is 2.16. The second-order valence-corrected chi connectivity index (χ2v) is 5.24. The van der Waals surface area contributed by atoms with Crippen LogP contribution in [0.5, 0.6) is 5.75 Å². The minimum atomic E-state index is -0.734. The average molecular weight is 296 g/mol. The fourth-order valence-electron chi connectivity index (χ4n) is 1.87. The van der Waals surface area contributed by atoms with Crippen LogP contribution in [0, 0.1) is 5.82 Å². The molecule has 0 aliphatic heterocycles.